The fourth-order valence-electron chi connectivity index (χ4n) is 2.95. The Labute approximate surface area is 125 Å². The molecule has 0 aromatic carbocycles. The van der Waals surface area contributed by atoms with E-state index in [2.05, 4.69) is 29.5 Å². The van der Waals surface area contributed by atoms with E-state index in [-0.39, 0.29) is 5.91 Å². The number of hydrogen-bond acceptors (Lipinski definition) is 4. The van der Waals surface area contributed by atoms with Gasteiger partial charge in [0.2, 0.25) is 0 Å². The number of amides is 1. The molecule has 116 valence electrons. The molecule has 3 rings (SSSR count). The van der Waals surface area contributed by atoms with Gasteiger partial charge in [-0.15, -0.1) is 5.10 Å². The van der Waals surface area contributed by atoms with Gasteiger partial charge < -0.3 is 10.2 Å². The molecule has 1 saturated carbocycles. The van der Waals surface area contributed by atoms with Gasteiger partial charge in [-0.2, -0.15) is 0 Å². The molecule has 6 nitrogen and oxygen atoms in total. The van der Waals surface area contributed by atoms with Gasteiger partial charge in [0.25, 0.3) is 5.91 Å². The summed E-state index contributed by atoms with van der Waals surface area (Å²) in [6.45, 7) is 7.12. The maximum Gasteiger partial charge on any atom is 0.276 e. The van der Waals surface area contributed by atoms with Crippen LogP contribution in [0, 0.1) is 5.92 Å². The lowest BCUT2D eigenvalue weighted by Crippen LogP contribution is -2.36. The number of carbonyl (C=O) groups is 1. The van der Waals surface area contributed by atoms with E-state index in [9.17, 15) is 4.79 Å². The SMILES string of the molecule is CC(C)CN(C(=O)c1cn(C2CCNCC2)nn1)C1CC1. The molecule has 0 bridgehead atoms. The second kappa shape index (κ2) is 6.13. The molecular weight excluding hydrogens is 266 g/mol. The molecule has 0 radical (unpaired) electrons. The van der Waals surface area contributed by atoms with Crippen LogP contribution in [0.1, 0.15) is 56.1 Å². The zero-order valence-electron chi connectivity index (χ0n) is 13.0. The van der Waals surface area contributed by atoms with Crippen molar-refractivity contribution in [3.8, 4) is 0 Å². The predicted molar refractivity (Wildman–Crippen MR) is 80.1 cm³/mol. The summed E-state index contributed by atoms with van der Waals surface area (Å²) in [7, 11) is 0. The standard InChI is InChI=1S/C15H25N5O/c1-11(2)9-19(12-3-4-12)15(21)14-10-20(18-17-14)13-5-7-16-8-6-13/h10-13,16H,3-9H2,1-2H3. The Hall–Kier alpha value is -1.43. The van der Waals surface area contributed by atoms with Crippen molar-refractivity contribution >= 4 is 5.91 Å². The molecular formula is C15H25N5O. The number of nitrogens with one attached hydrogen (secondary N) is 1. The third kappa shape index (κ3) is 3.43. The summed E-state index contributed by atoms with van der Waals surface area (Å²) in [5, 5.41) is 11.7. The van der Waals surface area contributed by atoms with Gasteiger partial charge in [0.05, 0.1) is 12.2 Å². The zero-order chi connectivity index (χ0) is 14.8. The number of carbonyl (C=O) groups excluding carboxylic acids is 1. The molecule has 6 heteroatoms. The highest BCUT2D eigenvalue weighted by atomic mass is 16.2. The van der Waals surface area contributed by atoms with Crippen molar-refractivity contribution in [2.75, 3.05) is 19.6 Å². The van der Waals surface area contributed by atoms with E-state index in [4.69, 9.17) is 0 Å². The van der Waals surface area contributed by atoms with E-state index in [1.807, 2.05) is 15.8 Å². The van der Waals surface area contributed by atoms with Crippen LogP contribution in [0.25, 0.3) is 0 Å². The fourth-order valence-corrected chi connectivity index (χ4v) is 2.95. The molecule has 1 N–H and O–H groups in total. The summed E-state index contributed by atoms with van der Waals surface area (Å²) in [4.78, 5) is 14.6. The molecule has 1 aromatic heterocycles. The topological polar surface area (TPSA) is 63.1 Å². The summed E-state index contributed by atoms with van der Waals surface area (Å²) in [6.07, 6.45) is 6.19. The highest BCUT2D eigenvalue weighted by Crippen LogP contribution is 2.29. The van der Waals surface area contributed by atoms with Crippen molar-refractivity contribution in [3.63, 3.8) is 0 Å². The Balaban J connectivity index is 1.70. The molecule has 2 fully saturated rings. The first-order valence-corrected chi connectivity index (χ1v) is 8.08. The Morgan fingerprint density at radius 3 is 2.71 bits per heavy atom. The predicted octanol–water partition coefficient (Wildman–Crippen LogP) is 1.46. The van der Waals surface area contributed by atoms with Crippen molar-refractivity contribution in [2.45, 2.75) is 51.6 Å². The molecule has 1 aliphatic carbocycles. The number of rotatable bonds is 5. The van der Waals surface area contributed by atoms with E-state index < -0.39 is 0 Å². The lowest BCUT2D eigenvalue weighted by molar-refractivity contribution is 0.0716. The summed E-state index contributed by atoms with van der Waals surface area (Å²) in [5.74, 6) is 0.528. The first-order valence-electron chi connectivity index (χ1n) is 8.08. The van der Waals surface area contributed by atoms with Gasteiger partial charge in [0.1, 0.15) is 0 Å². The van der Waals surface area contributed by atoms with Crippen molar-refractivity contribution < 1.29 is 4.79 Å². The zero-order valence-corrected chi connectivity index (χ0v) is 13.0. The molecule has 1 aliphatic heterocycles. The average molecular weight is 291 g/mol. The second-order valence-corrected chi connectivity index (χ2v) is 6.65. The van der Waals surface area contributed by atoms with Gasteiger partial charge >= 0.3 is 0 Å². The quantitative estimate of drug-likeness (QED) is 0.892. The van der Waals surface area contributed by atoms with Gasteiger partial charge in [-0.3, -0.25) is 4.79 Å². The fraction of sp³-hybridized carbons (Fsp3) is 0.800. The van der Waals surface area contributed by atoms with Gasteiger partial charge in [0.15, 0.2) is 5.69 Å². The Morgan fingerprint density at radius 2 is 2.10 bits per heavy atom. The highest BCUT2D eigenvalue weighted by molar-refractivity contribution is 5.92. The third-order valence-electron chi connectivity index (χ3n) is 4.22. The number of nitrogens with zero attached hydrogens (tertiary/aromatic N) is 4. The van der Waals surface area contributed by atoms with Crippen LogP contribution in [0.5, 0.6) is 0 Å². The minimum atomic E-state index is 0.0476. The summed E-state index contributed by atoms with van der Waals surface area (Å²) in [6, 6.07) is 0.795. The minimum Gasteiger partial charge on any atom is -0.334 e. The lowest BCUT2D eigenvalue weighted by atomic mass is 10.1. The maximum absolute atomic E-state index is 12.7. The van der Waals surface area contributed by atoms with Gasteiger partial charge in [-0.1, -0.05) is 19.1 Å². The first-order chi connectivity index (χ1) is 10.1. The van der Waals surface area contributed by atoms with Gasteiger partial charge in [-0.25, -0.2) is 4.68 Å². The first kappa shape index (κ1) is 14.5. The van der Waals surface area contributed by atoms with Crippen LogP contribution in [0.4, 0.5) is 0 Å². The lowest BCUT2D eigenvalue weighted by Gasteiger charge is -2.23. The Kier molecular flexibility index (Phi) is 4.24. The van der Waals surface area contributed by atoms with E-state index in [0.717, 1.165) is 45.3 Å². The molecule has 2 heterocycles. The van der Waals surface area contributed by atoms with E-state index in [0.29, 0.717) is 23.7 Å². The van der Waals surface area contributed by atoms with E-state index in [1.54, 1.807) is 0 Å². The number of aromatic nitrogens is 3. The average Bonchev–Trinajstić information content (AvgIpc) is 3.21. The molecule has 1 amide bonds. The largest absolute Gasteiger partial charge is 0.334 e. The second-order valence-electron chi connectivity index (χ2n) is 6.65. The summed E-state index contributed by atoms with van der Waals surface area (Å²) >= 11 is 0. The summed E-state index contributed by atoms with van der Waals surface area (Å²) in [5.41, 5.74) is 0.501. The molecule has 1 saturated heterocycles. The van der Waals surface area contributed by atoms with Crippen molar-refractivity contribution in [1.29, 1.82) is 0 Å². The smallest absolute Gasteiger partial charge is 0.276 e. The van der Waals surface area contributed by atoms with Crippen LogP contribution in [0.3, 0.4) is 0 Å². The molecule has 21 heavy (non-hydrogen) atoms. The van der Waals surface area contributed by atoms with Crippen molar-refractivity contribution in [2.24, 2.45) is 5.92 Å². The van der Waals surface area contributed by atoms with Crippen molar-refractivity contribution in [3.05, 3.63) is 11.9 Å². The van der Waals surface area contributed by atoms with Crippen LogP contribution < -0.4 is 5.32 Å². The van der Waals surface area contributed by atoms with E-state index >= 15 is 0 Å². The van der Waals surface area contributed by atoms with Crippen LogP contribution >= 0.6 is 0 Å². The Morgan fingerprint density at radius 1 is 1.38 bits per heavy atom. The maximum atomic E-state index is 12.7. The molecule has 0 atom stereocenters. The molecule has 0 unspecified atom stereocenters. The number of hydrogen-bond donors (Lipinski definition) is 1. The highest BCUT2D eigenvalue weighted by Gasteiger charge is 2.34. The third-order valence-corrected chi connectivity index (χ3v) is 4.22. The van der Waals surface area contributed by atoms with Crippen molar-refractivity contribution in [1.82, 2.24) is 25.2 Å². The summed E-state index contributed by atoms with van der Waals surface area (Å²) < 4.78 is 1.88. The molecule has 1 aromatic rings. The van der Waals surface area contributed by atoms with Gasteiger partial charge in [0, 0.05) is 12.6 Å². The van der Waals surface area contributed by atoms with Crippen LogP contribution in [0.2, 0.25) is 0 Å². The molecule has 0 spiro atoms. The Bertz CT molecular complexity index is 488. The van der Waals surface area contributed by atoms with E-state index in [1.165, 1.54) is 0 Å². The normalized spacial score (nSPS) is 20.0. The van der Waals surface area contributed by atoms with Gasteiger partial charge in [-0.05, 0) is 44.7 Å². The van der Waals surface area contributed by atoms with Crippen LogP contribution in [0.15, 0.2) is 6.20 Å². The van der Waals surface area contributed by atoms with Crippen LogP contribution in [-0.2, 0) is 0 Å². The monoisotopic (exact) mass is 291 g/mol. The molecule has 2 aliphatic rings. The minimum absolute atomic E-state index is 0.0476. The van der Waals surface area contributed by atoms with Crippen LogP contribution in [-0.4, -0.2) is 51.5 Å². The number of piperidine rings is 1.